The van der Waals surface area contributed by atoms with E-state index in [-0.39, 0.29) is 11.5 Å². The molecule has 0 unspecified atom stereocenters. The van der Waals surface area contributed by atoms with E-state index in [1.165, 1.54) is 34.1 Å². The van der Waals surface area contributed by atoms with Gasteiger partial charge in [-0.3, -0.25) is 9.59 Å². The van der Waals surface area contributed by atoms with Gasteiger partial charge < -0.3 is 24.8 Å². The first-order valence-corrected chi connectivity index (χ1v) is 8.45. The number of hydrogen-bond donors (Lipinski definition) is 2. The molecule has 8 heteroatoms. The van der Waals surface area contributed by atoms with E-state index in [0.29, 0.717) is 22.9 Å². The second-order valence-corrected chi connectivity index (χ2v) is 5.86. The summed E-state index contributed by atoms with van der Waals surface area (Å²) in [6.07, 6.45) is -1.04. The van der Waals surface area contributed by atoms with Crippen molar-refractivity contribution in [1.29, 1.82) is 0 Å². The molecule has 0 aliphatic heterocycles. The van der Waals surface area contributed by atoms with Crippen LogP contribution in [0.3, 0.4) is 0 Å². The van der Waals surface area contributed by atoms with Gasteiger partial charge in [0.15, 0.2) is 6.10 Å². The van der Waals surface area contributed by atoms with Crippen LogP contribution in [0.25, 0.3) is 0 Å². The van der Waals surface area contributed by atoms with Crippen LogP contribution in [0.2, 0.25) is 0 Å². The minimum Gasteiger partial charge on any atom is -0.497 e. The average Bonchev–Trinajstić information content (AvgIpc) is 2.68. The van der Waals surface area contributed by atoms with E-state index in [2.05, 4.69) is 10.6 Å². The molecule has 148 valence electrons. The van der Waals surface area contributed by atoms with E-state index >= 15 is 0 Å². The van der Waals surface area contributed by atoms with Crippen molar-refractivity contribution < 1.29 is 28.6 Å². The summed E-state index contributed by atoms with van der Waals surface area (Å²) in [6, 6.07) is 11.3. The van der Waals surface area contributed by atoms with Crippen LogP contribution in [0.4, 0.5) is 11.4 Å². The Bertz CT molecular complexity index is 863. The van der Waals surface area contributed by atoms with Gasteiger partial charge in [0, 0.05) is 18.3 Å². The van der Waals surface area contributed by atoms with Gasteiger partial charge in [-0.15, -0.1) is 0 Å². The predicted octanol–water partition coefficient (Wildman–Crippen LogP) is 2.85. The third kappa shape index (κ3) is 5.47. The molecule has 0 spiro atoms. The van der Waals surface area contributed by atoms with Gasteiger partial charge in [0.05, 0.1) is 14.2 Å². The van der Waals surface area contributed by atoms with Gasteiger partial charge in [0.1, 0.15) is 17.1 Å². The number of anilines is 2. The maximum atomic E-state index is 12.4. The van der Waals surface area contributed by atoms with Gasteiger partial charge in [0.2, 0.25) is 5.91 Å². The highest BCUT2D eigenvalue weighted by Gasteiger charge is 2.22. The number of carbonyl (C=O) groups excluding carboxylic acids is 3. The molecule has 2 amide bonds. The average molecular weight is 386 g/mol. The lowest BCUT2D eigenvalue weighted by Crippen LogP contribution is -2.30. The van der Waals surface area contributed by atoms with E-state index in [0.717, 1.165) is 0 Å². The zero-order chi connectivity index (χ0) is 20.7. The van der Waals surface area contributed by atoms with E-state index in [1.807, 2.05) is 0 Å². The van der Waals surface area contributed by atoms with E-state index in [4.69, 9.17) is 14.2 Å². The number of benzene rings is 2. The summed E-state index contributed by atoms with van der Waals surface area (Å²) >= 11 is 0. The molecular formula is C20H22N2O6. The molecule has 0 aromatic heterocycles. The molecule has 0 aliphatic rings. The number of rotatable bonds is 7. The predicted molar refractivity (Wildman–Crippen MR) is 104 cm³/mol. The number of hydrogen-bond acceptors (Lipinski definition) is 6. The third-order valence-corrected chi connectivity index (χ3v) is 3.75. The second kappa shape index (κ2) is 9.40. The molecular weight excluding hydrogens is 364 g/mol. The Morgan fingerprint density at radius 2 is 1.50 bits per heavy atom. The first kappa shape index (κ1) is 20.8. The zero-order valence-electron chi connectivity index (χ0n) is 16.1. The van der Waals surface area contributed by atoms with Gasteiger partial charge >= 0.3 is 5.97 Å². The van der Waals surface area contributed by atoms with Crippen LogP contribution in [0, 0.1) is 0 Å². The second-order valence-electron chi connectivity index (χ2n) is 5.86. The fraction of sp³-hybridized carbons (Fsp3) is 0.250. The number of carbonyl (C=O) groups is 3. The quantitative estimate of drug-likeness (QED) is 0.710. The third-order valence-electron chi connectivity index (χ3n) is 3.75. The Morgan fingerprint density at radius 3 is 2.04 bits per heavy atom. The van der Waals surface area contributed by atoms with Crippen molar-refractivity contribution in [3.63, 3.8) is 0 Å². The molecule has 0 bridgehead atoms. The fourth-order valence-electron chi connectivity index (χ4n) is 2.34. The highest BCUT2D eigenvalue weighted by Crippen LogP contribution is 2.25. The summed E-state index contributed by atoms with van der Waals surface area (Å²) in [7, 11) is 2.91. The molecule has 0 saturated heterocycles. The van der Waals surface area contributed by atoms with Crippen LogP contribution in [-0.2, 0) is 14.3 Å². The lowest BCUT2D eigenvalue weighted by molar-refractivity contribution is -0.123. The highest BCUT2D eigenvalue weighted by atomic mass is 16.5. The van der Waals surface area contributed by atoms with Gasteiger partial charge in [0.25, 0.3) is 5.91 Å². The SMILES string of the molecule is COc1ccc(OC)c(C(=O)O[C@H](C)C(=O)Nc2ccc(NC(C)=O)cc2)c1. The monoisotopic (exact) mass is 386 g/mol. The Balaban J connectivity index is 2.02. The van der Waals surface area contributed by atoms with Gasteiger partial charge in [-0.2, -0.15) is 0 Å². The molecule has 0 aliphatic carbocycles. The summed E-state index contributed by atoms with van der Waals surface area (Å²) in [5, 5.41) is 5.27. The minimum absolute atomic E-state index is 0.154. The van der Waals surface area contributed by atoms with Gasteiger partial charge in [-0.25, -0.2) is 4.79 Å². The van der Waals surface area contributed by atoms with Crippen LogP contribution in [-0.4, -0.2) is 38.1 Å². The molecule has 2 aromatic carbocycles. The summed E-state index contributed by atoms with van der Waals surface area (Å²) < 4.78 is 15.5. The van der Waals surface area contributed by atoms with Crippen molar-refractivity contribution >= 4 is 29.2 Å². The van der Waals surface area contributed by atoms with Crippen molar-refractivity contribution in [3.8, 4) is 11.5 Å². The Kier molecular flexibility index (Phi) is 6.97. The topological polar surface area (TPSA) is 103 Å². The van der Waals surface area contributed by atoms with Crippen molar-refractivity contribution in [2.24, 2.45) is 0 Å². The molecule has 0 saturated carbocycles. The largest absolute Gasteiger partial charge is 0.497 e. The Morgan fingerprint density at radius 1 is 0.893 bits per heavy atom. The summed E-state index contributed by atoms with van der Waals surface area (Å²) in [6.45, 7) is 2.87. The molecule has 2 N–H and O–H groups in total. The number of esters is 1. The van der Waals surface area contributed by atoms with Gasteiger partial charge in [-0.05, 0) is 49.4 Å². The zero-order valence-corrected chi connectivity index (χ0v) is 16.1. The molecule has 0 heterocycles. The number of nitrogens with one attached hydrogen (secondary N) is 2. The van der Waals surface area contributed by atoms with Crippen LogP contribution >= 0.6 is 0 Å². The summed E-state index contributed by atoms with van der Waals surface area (Å²) in [5.74, 6) is -0.622. The van der Waals surface area contributed by atoms with Crippen LogP contribution in [0.15, 0.2) is 42.5 Å². The van der Waals surface area contributed by atoms with Crippen molar-refractivity contribution in [3.05, 3.63) is 48.0 Å². The molecule has 1 atom stereocenters. The molecule has 8 nitrogen and oxygen atoms in total. The van der Waals surface area contributed by atoms with Crippen LogP contribution < -0.4 is 20.1 Å². The standard InChI is InChI=1S/C20H22N2O6/c1-12(19(24)22-15-7-5-14(6-8-15)21-13(2)23)28-20(25)17-11-16(26-3)9-10-18(17)27-4/h5-12H,1-4H3,(H,21,23)(H,22,24)/t12-/m1/s1. The summed E-state index contributed by atoms with van der Waals surface area (Å²) in [4.78, 5) is 35.8. The Labute approximate surface area is 162 Å². The lowest BCUT2D eigenvalue weighted by atomic mass is 10.2. The lowest BCUT2D eigenvalue weighted by Gasteiger charge is -2.15. The first-order valence-electron chi connectivity index (χ1n) is 8.45. The van der Waals surface area contributed by atoms with E-state index < -0.39 is 18.0 Å². The van der Waals surface area contributed by atoms with E-state index in [9.17, 15) is 14.4 Å². The number of methoxy groups -OCH3 is 2. The molecule has 0 radical (unpaired) electrons. The molecule has 2 rings (SSSR count). The number of ether oxygens (including phenoxy) is 3. The highest BCUT2D eigenvalue weighted by molar-refractivity contribution is 5.98. The van der Waals surface area contributed by atoms with Crippen molar-refractivity contribution in [2.75, 3.05) is 24.9 Å². The summed E-state index contributed by atoms with van der Waals surface area (Å²) in [5.41, 5.74) is 1.26. The smallest absolute Gasteiger partial charge is 0.342 e. The number of amides is 2. The molecule has 2 aromatic rings. The van der Waals surface area contributed by atoms with Gasteiger partial charge in [-0.1, -0.05) is 0 Å². The maximum Gasteiger partial charge on any atom is 0.342 e. The minimum atomic E-state index is -1.04. The fourth-order valence-corrected chi connectivity index (χ4v) is 2.34. The van der Waals surface area contributed by atoms with Crippen LogP contribution in [0.1, 0.15) is 24.2 Å². The normalized spacial score (nSPS) is 11.1. The van der Waals surface area contributed by atoms with Crippen LogP contribution in [0.5, 0.6) is 11.5 Å². The molecule has 0 fully saturated rings. The maximum absolute atomic E-state index is 12.4. The molecule has 28 heavy (non-hydrogen) atoms. The Hall–Kier alpha value is -3.55. The van der Waals surface area contributed by atoms with Crippen molar-refractivity contribution in [2.45, 2.75) is 20.0 Å². The van der Waals surface area contributed by atoms with Crippen molar-refractivity contribution in [1.82, 2.24) is 0 Å². The van der Waals surface area contributed by atoms with E-state index in [1.54, 1.807) is 36.4 Å². The first-order chi connectivity index (χ1) is 13.3.